The van der Waals surface area contributed by atoms with Crippen LogP contribution in [0, 0.1) is 0 Å². The highest BCUT2D eigenvalue weighted by Gasteiger charge is 2.32. The monoisotopic (exact) mass is 337 g/mol. The number of likely N-dealkylation sites (tertiary alicyclic amines) is 1. The van der Waals surface area contributed by atoms with Crippen LogP contribution in [0.5, 0.6) is 5.75 Å². The highest BCUT2D eigenvalue weighted by molar-refractivity contribution is 5.37. The van der Waals surface area contributed by atoms with E-state index >= 15 is 0 Å². The lowest BCUT2D eigenvalue weighted by Crippen LogP contribution is -2.43. The van der Waals surface area contributed by atoms with Gasteiger partial charge in [0.05, 0.1) is 19.8 Å². The van der Waals surface area contributed by atoms with Crippen LogP contribution in [0.3, 0.4) is 0 Å². The predicted molar refractivity (Wildman–Crippen MR) is 102 cm³/mol. The minimum Gasteiger partial charge on any atom is -0.496 e. The lowest BCUT2D eigenvalue weighted by Gasteiger charge is -2.39. The van der Waals surface area contributed by atoms with E-state index in [1.165, 1.54) is 11.1 Å². The largest absolute Gasteiger partial charge is 0.496 e. The minimum absolute atomic E-state index is 0.145. The van der Waals surface area contributed by atoms with Gasteiger partial charge in [0, 0.05) is 19.0 Å². The SMILES string of the molecule is C=CCOC1CN(Cc2ccccc2)CCC1c1ccccc1OC. The fraction of sp³-hybridized carbons (Fsp3) is 0.364. The summed E-state index contributed by atoms with van der Waals surface area (Å²) in [7, 11) is 1.74. The molecule has 0 radical (unpaired) electrons. The molecule has 0 N–H and O–H groups in total. The smallest absolute Gasteiger partial charge is 0.122 e. The van der Waals surface area contributed by atoms with Crippen molar-refractivity contribution in [2.24, 2.45) is 0 Å². The van der Waals surface area contributed by atoms with Crippen molar-refractivity contribution in [3.8, 4) is 5.75 Å². The quantitative estimate of drug-likeness (QED) is 0.705. The molecule has 3 nitrogen and oxygen atoms in total. The average Bonchev–Trinajstić information content (AvgIpc) is 2.67. The van der Waals surface area contributed by atoms with E-state index in [4.69, 9.17) is 9.47 Å². The lowest BCUT2D eigenvalue weighted by atomic mass is 9.86. The van der Waals surface area contributed by atoms with E-state index in [9.17, 15) is 0 Å². The van der Waals surface area contributed by atoms with Gasteiger partial charge in [-0.3, -0.25) is 4.90 Å². The molecule has 1 heterocycles. The Bertz CT molecular complexity index is 671. The van der Waals surface area contributed by atoms with Crippen molar-refractivity contribution in [1.29, 1.82) is 0 Å². The van der Waals surface area contributed by atoms with Crippen molar-refractivity contribution in [2.45, 2.75) is 25.0 Å². The summed E-state index contributed by atoms with van der Waals surface area (Å²) in [6.45, 7) is 7.33. The van der Waals surface area contributed by atoms with E-state index in [0.29, 0.717) is 12.5 Å². The molecule has 0 bridgehead atoms. The van der Waals surface area contributed by atoms with Crippen molar-refractivity contribution in [2.75, 3.05) is 26.8 Å². The lowest BCUT2D eigenvalue weighted by molar-refractivity contribution is -0.00524. The number of rotatable bonds is 7. The van der Waals surface area contributed by atoms with Crippen LogP contribution in [-0.4, -0.2) is 37.8 Å². The second-order valence-corrected chi connectivity index (χ2v) is 6.52. The van der Waals surface area contributed by atoms with E-state index in [2.05, 4.69) is 53.9 Å². The first-order valence-corrected chi connectivity index (χ1v) is 8.93. The van der Waals surface area contributed by atoms with Crippen LogP contribution < -0.4 is 4.74 Å². The van der Waals surface area contributed by atoms with Crippen LogP contribution in [0.4, 0.5) is 0 Å². The first kappa shape index (κ1) is 17.7. The third-order valence-corrected chi connectivity index (χ3v) is 4.86. The minimum atomic E-state index is 0.145. The molecule has 0 aliphatic carbocycles. The molecule has 3 rings (SSSR count). The van der Waals surface area contributed by atoms with Gasteiger partial charge in [0.2, 0.25) is 0 Å². The summed E-state index contributed by atoms with van der Waals surface area (Å²) in [5, 5.41) is 0. The first-order chi connectivity index (χ1) is 12.3. The Labute approximate surface area is 150 Å². The van der Waals surface area contributed by atoms with E-state index in [0.717, 1.165) is 31.8 Å². The molecule has 2 aromatic rings. The maximum atomic E-state index is 6.15. The molecular weight excluding hydrogens is 310 g/mol. The Morgan fingerprint density at radius 3 is 2.64 bits per heavy atom. The van der Waals surface area contributed by atoms with Crippen molar-refractivity contribution < 1.29 is 9.47 Å². The third-order valence-electron chi connectivity index (χ3n) is 4.86. The average molecular weight is 337 g/mol. The van der Waals surface area contributed by atoms with Gasteiger partial charge in [-0.2, -0.15) is 0 Å². The van der Waals surface area contributed by atoms with Crippen molar-refractivity contribution in [3.05, 3.63) is 78.4 Å². The maximum Gasteiger partial charge on any atom is 0.122 e. The first-order valence-electron chi connectivity index (χ1n) is 8.93. The molecule has 2 aromatic carbocycles. The molecule has 3 heteroatoms. The van der Waals surface area contributed by atoms with E-state index < -0.39 is 0 Å². The standard InChI is InChI=1S/C22H27NO2/c1-3-15-25-22-17-23(16-18-9-5-4-6-10-18)14-13-20(22)19-11-7-8-12-21(19)24-2/h3-12,20,22H,1,13-17H2,2H3. The number of para-hydroxylation sites is 1. The van der Waals surface area contributed by atoms with Crippen LogP contribution in [0.2, 0.25) is 0 Å². The Morgan fingerprint density at radius 1 is 1.12 bits per heavy atom. The summed E-state index contributed by atoms with van der Waals surface area (Å²) < 4.78 is 11.7. The molecule has 1 saturated heterocycles. The second kappa shape index (κ2) is 8.84. The molecule has 0 amide bonds. The summed E-state index contributed by atoms with van der Waals surface area (Å²) >= 11 is 0. The normalized spacial score (nSPS) is 21.0. The third kappa shape index (κ3) is 4.50. The molecule has 2 unspecified atom stereocenters. The number of hydrogen-bond acceptors (Lipinski definition) is 3. The van der Waals surface area contributed by atoms with Gasteiger partial charge in [0.1, 0.15) is 5.75 Å². The molecule has 0 aromatic heterocycles. The molecule has 2 atom stereocenters. The number of hydrogen-bond donors (Lipinski definition) is 0. The fourth-order valence-electron chi connectivity index (χ4n) is 3.65. The van der Waals surface area contributed by atoms with Gasteiger partial charge < -0.3 is 9.47 Å². The molecule has 0 saturated carbocycles. The zero-order chi connectivity index (χ0) is 17.5. The van der Waals surface area contributed by atoms with Crippen molar-refractivity contribution in [3.63, 3.8) is 0 Å². The van der Waals surface area contributed by atoms with Gasteiger partial charge in [-0.1, -0.05) is 54.6 Å². The second-order valence-electron chi connectivity index (χ2n) is 6.52. The Morgan fingerprint density at radius 2 is 1.88 bits per heavy atom. The zero-order valence-corrected chi connectivity index (χ0v) is 14.9. The summed E-state index contributed by atoms with van der Waals surface area (Å²) in [5.74, 6) is 1.30. The zero-order valence-electron chi connectivity index (χ0n) is 14.9. The van der Waals surface area contributed by atoms with Gasteiger partial charge in [-0.05, 0) is 30.2 Å². The van der Waals surface area contributed by atoms with Crippen molar-refractivity contribution in [1.82, 2.24) is 4.90 Å². The van der Waals surface area contributed by atoms with Gasteiger partial charge >= 0.3 is 0 Å². The van der Waals surface area contributed by atoms with Gasteiger partial charge in [-0.25, -0.2) is 0 Å². The summed E-state index contributed by atoms with van der Waals surface area (Å²) in [6.07, 6.45) is 3.04. The van der Waals surface area contributed by atoms with Crippen LogP contribution in [-0.2, 0) is 11.3 Å². The summed E-state index contributed by atoms with van der Waals surface area (Å²) in [4.78, 5) is 2.48. The van der Waals surface area contributed by atoms with Gasteiger partial charge in [0.15, 0.2) is 0 Å². The topological polar surface area (TPSA) is 21.7 Å². The molecule has 1 aliphatic heterocycles. The Balaban J connectivity index is 1.75. The van der Waals surface area contributed by atoms with Crippen LogP contribution in [0.1, 0.15) is 23.5 Å². The van der Waals surface area contributed by atoms with E-state index in [1.807, 2.05) is 18.2 Å². The number of benzene rings is 2. The number of piperidine rings is 1. The number of nitrogens with zero attached hydrogens (tertiary/aromatic N) is 1. The van der Waals surface area contributed by atoms with E-state index in [-0.39, 0.29) is 6.10 Å². The number of methoxy groups -OCH3 is 1. The summed E-state index contributed by atoms with van der Waals surface area (Å²) in [6, 6.07) is 18.9. The highest BCUT2D eigenvalue weighted by atomic mass is 16.5. The Hall–Kier alpha value is -2.10. The van der Waals surface area contributed by atoms with Crippen LogP contribution in [0.25, 0.3) is 0 Å². The van der Waals surface area contributed by atoms with Gasteiger partial charge in [-0.15, -0.1) is 6.58 Å². The molecule has 0 spiro atoms. The molecule has 132 valence electrons. The van der Waals surface area contributed by atoms with E-state index in [1.54, 1.807) is 7.11 Å². The van der Waals surface area contributed by atoms with Gasteiger partial charge in [0.25, 0.3) is 0 Å². The number of ether oxygens (including phenoxy) is 2. The highest BCUT2D eigenvalue weighted by Crippen LogP contribution is 2.36. The van der Waals surface area contributed by atoms with Crippen LogP contribution >= 0.6 is 0 Å². The molecule has 1 aliphatic rings. The summed E-state index contributed by atoms with van der Waals surface area (Å²) in [5.41, 5.74) is 2.60. The molecule has 1 fully saturated rings. The molecular formula is C22H27NO2. The van der Waals surface area contributed by atoms with Crippen LogP contribution in [0.15, 0.2) is 67.3 Å². The fourth-order valence-corrected chi connectivity index (χ4v) is 3.65. The maximum absolute atomic E-state index is 6.15. The predicted octanol–water partition coefficient (Wildman–Crippen LogP) is 4.26. The molecule has 25 heavy (non-hydrogen) atoms. The van der Waals surface area contributed by atoms with Crippen molar-refractivity contribution >= 4 is 0 Å². The Kier molecular flexibility index (Phi) is 6.26.